The molecule has 1 aromatic rings. The number of urea groups is 1. The van der Waals surface area contributed by atoms with E-state index in [4.69, 9.17) is 11.5 Å². The highest BCUT2D eigenvalue weighted by Gasteiger charge is 2.06. The van der Waals surface area contributed by atoms with E-state index >= 15 is 0 Å². The van der Waals surface area contributed by atoms with Gasteiger partial charge in [0.15, 0.2) is 0 Å². The number of primary amides is 1. The number of nitrogen functional groups attached to an aromatic ring is 1. The Morgan fingerprint density at radius 3 is 2.76 bits per heavy atom. The first-order valence-corrected chi connectivity index (χ1v) is 6.06. The van der Waals surface area contributed by atoms with Crippen molar-refractivity contribution in [3.8, 4) is 0 Å². The maximum absolute atomic E-state index is 11.1. The molecule has 17 heavy (non-hydrogen) atoms. The minimum atomic E-state index is -0.824. The van der Waals surface area contributed by atoms with Gasteiger partial charge in [-0.05, 0) is 18.6 Å². The molecule has 0 unspecified atom stereocenters. The van der Waals surface area contributed by atoms with Crippen LogP contribution in [-0.2, 0) is 4.79 Å². The second-order valence-electron chi connectivity index (χ2n) is 3.50. The van der Waals surface area contributed by atoms with Gasteiger partial charge in [0, 0.05) is 22.8 Å². The first kappa shape index (κ1) is 13.4. The van der Waals surface area contributed by atoms with E-state index in [9.17, 15) is 9.59 Å². The third-order valence-electron chi connectivity index (χ3n) is 2.13. The zero-order valence-corrected chi connectivity index (χ0v) is 10.3. The Balaban J connectivity index is 2.43. The van der Waals surface area contributed by atoms with Gasteiger partial charge in [-0.25, -0.2) is 4.79 Å². The lowest BCUT2D eigenvalue weighted by atomic mass is 10.2. The first-order chi connectivity index (χ1) is 8.00. The number of aryl methyl sites for hydroxylation is 1. The fourth-order valence-electron chi connectivity index (χ4n) is 1.23. The highest BCUT2D eigenvalue weighted by Crippen LogP contribution is 2.27. The summed E-state index contributed by atoms with van der Waals surface area (Å²) in [4.78, 5) is 22.5. The van der Waals surface area contributed by atoms with Gasteiger partial charge in [-0.2, -0.15) is 0 Å². The fourth-order valence-corrected chi connectivity index (χ4v) is 2.23. The molecule has 0 saturated carbocycles. The van der Waals surface area contributed by atoms with Crippen molar-refractivity contribution in [1.29, 1.82) is 0 Å². The maximum atomic E-state index is 11.1. The van der Waals surface area contributed by atoms with E-state index in [0.29, 0.717) is 5.75 Å². The predicted molar refractivity (Wildman–Crippen MR) is 68.7 cm³/mol. The van der Waals surface area contributed by atoms with Gasteiger partial charge in [-0.15, -0.1) is 11.8 Å². The molecule has 6 heteroatoms. The van der Waals surface area contributed by atoms with E-state index in [0.717, 1.165) is 16.1 Å². The van der Waals surface area contributed by atoms with Crippen molar-refractivity contribution in [3.63, 3.8) is 0 Å². The standard InChI is InChI=1S/C11H15N3O2S/c1-7-3-2-4-8(10(7)12)17-6-5-9(15)14-11(13)16/h2-4H,5-6,12H2,1H3,(H3,13,14,15,16). The van der Waals surface area contributed by atoms with Crippen molar-refractivity contribution in [2.75, 3.05) is 11.5 Å². The van der Waals surface area contributed by atoms with Crippen LogP contribution in [0.4, 0.5) is 10.5 Å². The summed E-state index contributed by atoms with van der Waals surface area (Å²) in [6.07, 6.45) is 0.223. The normalized spacial score (nSPS) is 9.94. The van der Waals surface area contributed by atoms with E-state index in [-0.39, 0.29) is 12.3 Å². The number of carbonyl (C=O) groups excluding carboxylic acids is 2. The molecule has 0 saturated heterocycles. The molecule has 0 aliphatic carbocycles. The smallest absolute Gasteiger partial charge is 0.318 e. The quantitative estimate of drug-likeness (QED) is 0.555. The number of nitrogens with one attached hydrogen (secondary N) is 1. The highest BCUT2D eigenvalue weighted by molar-refractivity contribution is 7.99. The van der Waals surface area contributed by atoms with E-state index in [1.54, 1.807) is 0 Å². The van der Waals surface area contributed by atoms with Gasteiger partial charge in [0.1, 0.15) is 0 Å². The number of imide groups is 1. The molecule has 0 spiro atoms. The molecule has 0 aliphatic rings. The Labute approximate surface area is 104 Å². The molecular weight excluding hydrogens is 238 g/mol. The molecule has 3 amide bonds. The van der Waals surface area contributed by atoms with E-state index < -0.39 is 6.03 Å². The molecule has 0 aromatic heterocycles. The molecule has 1 rings (SSSR count). The number of amides is 3. The molecule has 1 aromatic carbocycles. The van der Waals surface area contributed by atoms with Crippen LogP contribution >= 0.6 is 11.8 Å². The molecular formula is C11H15N3O2S. The van der Waals surface area contributed by atoms with Crippen molar-refractivity contribution in [1.82, 2.24) is 5.32 Å². The summed E-state index contributed by atoms with van der Waals surface area (Å²) < 4.78 is 0. The van der Waals surface area contributed by atoms with Crippen LogP contribution in [0.15, 0.2) is 23.1 Å². The molecule has 0 heterocycles. The van der Waals surface area contributed by atoms with Crippen LogP contribution in [0, 0.1) is 6.92 Å². The maximum Gasteiger partial charge on any atom is 0.318 e. The van der Waals surface area contributed by atoms with Crippen molar-refractivity contribution >= 4 is 29.4 Å². The summed E-state index contributed by atoms with van der Waals surface area (Å²) in [5.41, 5.74) is 12.4. The molecule has 5 nitrogen and oxygen atoms in total. The second kappa shape index (κ2) is 6.15. The summed E-state index contributed by atoms with van der Waals surface area (Å²) in [6.45, 7) is 1.93. The number of anilines is 1. The van der Waals surface area contributed by atoms with Gasteiger partial charge >= 0.3 is 6.03 Å². The van der Waals surface area contributed by atoms with Crippen molar-refractivity contribution in [2.45, 2.75) is 18.2 Å². The highest BCUT2D eigenvalue weighted by atomic mass is 32.2. The van der Waals surface area contributed by atoms with E-state index in [1.807, 2.05) is 30.4 Å². The first-order valence-electron chi connectivity index (χ1n) is 5.08. The van der Waals surface area contributed by atoms with Gasteiger partial charge in [-0.1, -0.05) is 12.1 Å². The number of carbonyl (C=O) groups is 2. The molecule has 0 bridgehead atoms. The van der Waals surface area contributed by atoms with E-state index in [2.05, 4.69) is 0 Å². The minimum absolute atomic E-state index is 0.223. The van der Waals surface area contributed by atoms with Crippen LogP contribution in [0.1, 0.15) is 12.0 Å². The SMILES string of the molecule is Cc1cccc(SCCC(=O)NC(N)=O)c1N. The summed E-state index contributed by atoms with van der Waals surface area (Å²) in [7, 11) is 0. The predicted octanol–water partition coefficient (Wildman–Crippen LogP) is 1.25. The van der Waals surface area contributed by atoms with Gasteiger partial charge in [0.05, 0.1) is 0 Å². The van der Waals surface area contributed by atoms with Crippen LogP contribution in [-0.4, -0.2) is 17.7 Å². The summed E-state index contributed by atoms with van der Waals surface area (Å²) in [5, 5.41) is 2.01. The number of hydrogen-bond donors (Lipinski definition) is 3. The lowest BCUT2D eigenvalue weighted by molar-refractivity contribution is -0.119. The van der Waals surface area contributed by atoms with Crippen molar-refractivity contribution < 1.29 is 9.59 Å². The molecule has 0 fully saturated rings. The molecule has 0 aliphatic heterocycles. The topological polar surface area (TPSA) is 98.2 Å². The Bertz CT molecular complexity index is 435. The van der Waals surface area contributed by atoms with Crippen LogP contribution in [0.3, 0.4) is 0 Å². The number of nitrogens with two attached hydrogens (primary N) is 2. The molecule has 0 radical (unpaired) electrons. The average molecular weight is 253 g/mol. The van der Waals surface area contributed by atoms with Gasteiger partial charge in [0.25, 0.3) is 0 Å². The molecule has 0 atom stereocenters. The van der Waals surface area contributed by atoms with Crippen molar-refractivity contribution in [2.24, 2.45) is 5.73 Å². The second-order valence-corrected chi connectivity index (χ2v) is 4.63. The molecule has 92 valence electrons. The number of para-hydroxylation sites is 1. The molecule has 5 N–H and O–H groups in total. The summed E-state index contributed by atoms with van der Waals surface area (Å²) in [5.74, 6) is 0.170. The third kappa shape index (κ3) is 4.36. The third-order valence-corrected chi connectivity index (χ3v) is 3.21. The van der Waals surface area contributed by atoms with Crippen molar-refractivity contribution in [3.05, 3.63) is 23.8 Å². The zero-order chi connectivity index (χ0) is 12.8. The Morgan fingerprint density at radius 2 is 2.12 bits per heavy atom. The number of benzene rings is 1. The number of thioether (sulfide) groups is 1. The van der Waals surface area contributed by atoms with Crippen LogP contribution < -0.4 is 16.8 Å². The zero-order valence-electron chi connectivity index (χ0n) is 9.53. The number of hydrogen-bond acceptors (Lipinski definition) is 4. The monoisotopic (exact) mass is 253 g/mol. The van der Waals surface area contributed by atoms with Gasteiger partial charge in [-0.3, -0.25) is 10.1 Å². The fraction of sp³-hybridized carbons (Fsp3) is 0.273. The van der Waals surface area contributed by atoms with E-state index in [1.165, 1.54) is 11.8 Å². The number of rotatable bonds is 4. The Kier molecular flexibility index (Phi) is 4.84. The lowest BCUT2D eigenvalue weighted by Gasteiger charge is -2.07. The summed E-state index contributed by atoms with van der Waals surface area (Å²) >= 11 is 1.48. The minimum Gasteiger partial charge on any atom is -0.398 e. The van der Waals surface area contributed by atoms with Gasteiger partial charge < -0.3 is 11.5 Å². The lowest BCUT2D eigenvalue weighted by Crippen LogP contribution is -2.35. The average Bonchev–Trinajstić information content (AvgIpc) is 2.23. The summed E-state index contributed by atoms with van der Waals surface area (Å²) in [6, 6.07) is 4.92. The van der Waals surface area contributed by atoms with Crippen LogP contribution in [0.5, 0.6) is 0 Å². The Morgan fingerprint density at radius 1 is 1.41 bits per heavy atom. The van der Waals surface area contributed by atoms with Crippen LogP contribution in [0.25, 0.3) is 0 Å². The van der Waals surface area contributed by atoms with Crippen LogP contribution in [0.2, 0.25) is 0 Å². The Hall–Kier alpha value is -1.69. The van der Waals surface area contributed by atoms with Gasteiger partial charge in [0.2, 0.25) is 5.91 Å². The largest absolute Gasteiger partial charge is 0.398 e.